The smallest absolute Gasteiger partial charge is 0.289 e. The van der Waals surface area contributed by atoms with Crippen LogP contribution >= 0.6 is 0 Å². The Kier molecular flexibility index (Phi) is 7.86. The molecule has 5 rings (SSSR count). The number of rotatable bonds is 9. The summed E-state index contributed by atoms with van der Waals surface area (Å²) < 4.78 is 17.3. The van der Waals surface area contributed by atoms with Gasteiger partial charge in [-0.25, -0.2) is 0 Å². The molecule has 2 heterocycles. The van der Waals surface area contributed by atoms with Crippen molar-refractivity contribution in [3.05, 3.63) is 90.2 Å². The molecule has 2 amide bonds. The van der Waals surface area contributed by atoms with Crippen molar-refractivity contribution in [1.29, 1.82) is 0 Å². The molecule has 1 atom stereocenters. The van der Waals surface area contributed by atoms with Gasteiger partial charge in [-0.3, -0.25) is 9.59 Å². The Morgan fingerprint density at radius 2 is 1.84 bits per heavy atom. The minimum absolute atomic E-state index is 0.0218. The molecule has 1 unspecified atom stereocenters. The summed E-state index contributed by atoms with van der Waals surface area (Å²) in [5.74, 6) is 0.414. The van der Waals surface area contributed by atoms with E-state index in [0.29, 0.717) is 54.6 Å². The Balaban J connectivity index is 1.21. The van der Waals surface area contributed by atoms with Gasteiger partial charge < -0.3 is 35.2 Å². The highest BCUT2D eigenvalue weighted by molar-refractivity contribution is 6.05. The van der Waals surface area contributed by atoms with Gasteiger partial charge in [0.15, 0.2) is 5.76 Å². The normalized spacial score (nSPS) is 15.2. The summed E-state index contributed by atoms with van der Waals surface area (Å²) in [4.78, 5) is 27.7. The number of nitrogens with one attached hydrogen (secondary N) is 2. The van der Waals surface area contributed by atoms with E-state index in [2.05, 4.69) is 10.6 Å². The van der Waals surface area contributed by atoms with E-state index in [9.17, 15) is 9.59 Å². The minimum Gasteiger partial charge on any atom is -0.492 e. The van der Waals surface area contributed by atoms with Crippen molar-refractivity contribution < 1.29 is 23.5 Å². The maximum absolute atomic E-state index is 13.4. The largest absolute Gasteiger partial charge is 0.492 e. The Morgan fingerprint density at radius 1 is 1.05 bits per heavy atom. The first-order valence-electron chi connectivity index (χ1n) is 12.5. The van der Waals surface area contributed by atoms with E-state index >= 15 is 0 Å². The Morgan fingerprint density at radius 3 is 2.61 bits per heavy atom. The van der Waals surface area contributed by atoms with Gasteiger partial charge in [0.25, 0.3) is 11.8 Å². The van der Waals surface area contributed by atoms with Gasteiger partial charge in [0, 0.05) is 30.1 Å². The summed E-state index contributed by atoms with van der Waals surface area (Å²) in [6.45, 7) is 3.01. The highest BCUT2D eigenvalue weighted by Gasteiger charge is 2.24. The average Bonchev–Trinajstić information content (AvgIpc) is 3.39. The van der Waals surface area contributed by atoms with Gasteiger partial charge in [-0.05, 0) is 48.5 Å². The quantitative estimate of drug-likeness (QED) is 0.291. The Hall–Kier alpha value is -4.34. The lowest BCUT2D eigenvalue weighted by Crippen LogP contribution is -2.50. The number of morpholine rings is 1. The van der Waals surface area contributed by atoms with Crippen molar-refractivity contribution in [3.8, 4) is 5.75 Å². The van der Waals surface area contributed by atoms with Crippen LogP contribution in [0, 0.1) is 0 Å². The molecule has 1 aromatic heterocycles. The molecule has 1 aliphatic heterocycles. The number of nitrogens with two attached hydrogens (primary N) is 1. The number of benzene rings is 3. The lowest BCUT2D eigenvalue weighted by molar-refractivity contribution is 0.0482. The van der Waals surface area contributed by atoms with Crippen molar-refractivity contribution in [1.82, 2.24) is 10.2 Å². The van der Waals surface area contributed by atoms with Crippen molar-refractivity contribution in [2.75, 3.05) is 50.5 Å². The molecule has 1 saturated heterocycles. The standard InChI is InChI=1S/C29H30N4O5/c30-24-6-2-3-7-25(24)32-28(34)20-9-11-23(12-10-20)37-16-14-33(18-22-19-36-15-13-31-22)29(35)27-17-21-5-1-4-8-26(21)38-27/h1-12,17,22,31H,13-16,18-19,30H2,(H,32,34). The molecule has 0 spiro atoms. The van der Waals surface area contributed by atoms with Crippen LogP contribution < -0.4 is 21.1 Å². The zero-order valence-corrected chi connectivity index (χ0v) is 20.9. The second kappa shape index (κ2) is 11.8. The molecule has 196 valence electrons. The van der Waals surface area contributed by atoms with E-state index in [1.165, 1.54) is 0 Å². The number of anilines is 2. The number of nitrogen functional groups attached to an aromatic ring is 1. The van der Waals surface area contributed by atoms with Crippen LogP contribution in [0.3, 0.4) is 0 Å². The first kappa shape index (κ1) is 25.3. The van der Waals surface area contributed by atoms with Crippen LogP contribution in [0.15, 0.2) is 83.3 Å². The molecule has 0 aliphatic carbocycles. The summed E-state index contributed by atoms with van der Waals surface area (Å²) in [5.41, 5.74) is 8.11. The molecule has 1 fully saturated rings. The summed E-state index contributed by atoms with van der Waals surface area (Å²) >= 11 is 0. The van der Waals surface area contributed by atoms with Gasteiger partial charge in [-0.1, -0.05) is 30.3 Å². The molecular weight excluding hydrogens is 484 g/mol. The van der Waals surface area contributed by atoms with E-state index in [1.807, 2.05) is 36.4 Å². The van der Waals surface area contributed by atoms with E-state index < -0.39 is 0 Å². The second-order valence-electron chi connectivity index (χ2n) is 9.04. The number of carbonyl (C=O) groups is 2. The second-order valence-corrected chi connectivity index (χ2v) is 9.04. The maximum atomic E-state index is 13.4. The number of carbonyl (C=O) groups excluding carboxylic acids is 2. The van der Waals surface area contributed by atoms with Crippen molar-refractivity contribution >= 4 is 34.2 Å². The van der Waals surface area contributed by atoms with Gasteiger partial charge in [-0.15, -0.1) is 0 Å². The number of hydrogen-bond acceptors (Lipinski definition) is 7. The summed E-state index contributed by atoms with van der Waals surface area (Å²) in [5, 5.41) is 7.08. The number of furan rings is 1. The van der Waals surface area contributed by atoms with Gasteiger partial charge in [0.1, 0.15) is 17.9 Å². The predicted molar refractivity (Wildman–Crippen MR) is 145 cm³/mol. The number of nitrogens with zero attached hydrogens (tertiary/aromatic N) is 1. The first-order chi connectivity index (χ1) is 18.6. The monoisotopic (exact) mass is 514 g/mol. The van der Waals surface area contributed by atoms with Crippen LogP contribution in [-0.4, -0.2) is 62.2 Å². The molecule has 0 saturated carbocycles. The van der Waals surface area contributed by atoms with Crippen molar-refractivity contribution in [3.63, 3.8) is 0 Å². The molecule has 0 bridgehead atoms. The molecule has 4 aromatic rings. The van der Waals surface area contributed by atoms with Crippen LogP contribution in [0.5, 0.6) is 5.75 Å². The number of fused-ring (bicyclic) bond motifs is 1. The first-order valence-corrected chi connectivity index (χ1v) is 12.5. The van der Waals surface area contributed by atoms with Crippen molar-refractivity contribution in [2.24, 2.45) is 0 Å². The molecule has 0 radical (unpaired) electrons. The third-order valence-electron chi connectivity index (χ3n) is 6.32. The Labute approximate surface area is 220 Å². The average molecular weight is 515 g/mol. The number of hydrogen-bond donors (Lipinski definition) is 3. The third kappa shape index (κ3) is 6.13. The fourth-order valence-corrected chi connectivity index (χ4v) is 4.30. The summed E-state index contributed by atoms with van der Waals surface area (Å²) in [7, 11) is 0. The van der Waals surface area contributed by atoms with Crippen LogP contribution in [0.25, 0.3) is 11.0 Å². The lowest BCUT2D eigenvalue weighted by Gasteiger charge is -2.30. The summed E-state index contributed by atoms with van der Waals surface area (Å²) in [6, 6.07) is 23.2. The van der Waals surface area contributed by atoms with Crippen LogP contribution in [0.2, 0.25) is 0 Å². The molecule has 3 aromatic carbocycles. The van der Waals surface area contributed by atoms with Gasteiger partial charge in [0.05, 0.1) is 31.1 Å². The van der Waals surface area contributed by atoms with Crippen LogP contribution in [0.1, 0.15) is 20.9 Å². The Bertz CT molecular complexity index is 1360. The maximum Gasteiger partial charge on any atom is 0.289 e. The number of amides is 2. The zero-order chi connectivity index (χ0) is 26.3. The van der Waals surface area contributed by atoms with E-state index in [-0.39, 0.29) is 30.2 Å². The van der Waals surface area contributed by atoms with E-state index in [4.69, 9.17) is 19.6 Å². The number of ether oxygens (including phenoxy) is 2. The fraction of sp³-hybridized carbons (Fsp3) is 0.241. The van der Waals surface area contributed by atoms with Crippen molar-refractivity contribution in [2.45, 2.75) is 6.04 Å². The molecule has 4 N–H and O–H groups in total. The van der Waals surface area contributed by atoms with Gasteiger partial charge in [0.2, 0.25) is 0 Å². The fourth-order valence-electron chi connectivity index (χ4n) is 4.30. The molecule has 1 aliphatic rings. The molecular formula is C29H30N4O5. The summed E-state index contributed by atoms with van der Waals surface area (Å²) in [6.07, 6.45) is 0. The van der Waals surface area contributed by atoms with Crippen LogP contribution in [0.4, 0.5) is 11.4 Å². The minimum atomic E-state index is -0.265. The third-order valence-corrected chi connectivity index (χ3v) is 6.32. The zero-order valence-electron chi connectivity index (χ0n) is 20.9. The van der Waals surface area contributed by atoms with Gasteiger partial charge >= 0.3 is 0 Å². The number of para-hydroxylation sites is 3. The highest BCUT2D eigenvalue weighted by Crippen LogP contribution is 2.21. The molecule has 9 nitrogen and oxygen atoms in total. The SMILES string of the molecule is Nc1ccccc1NC(=O)c1ccc(OCCN(CC2COCCN2)C(=O)c2cc3ccccc3o2)cc1. The topological polar surface area (TPSA) is 119 Å². The molecule has 38 heavy (non-hydrogen) atoms. The van der Waals surface area contributed by atoms with E-state index in [1.54, 1.807) is 47.4 Å². The van der Waals surface area contributed by atoms with E-state index in [0.717, 1.165) is 11.9 Å². The van der Waals surface area contributed by atoms with Crippen LogP contribution in [-0.2, 0) is 4.74 Å². The van der Waals surface area contributed by atoms with Gasteiger partial charge in [-0.2, -0.15) is 0 Å². The predicted octanol–water partition coefficient (Wildman–Crippen LogP) is 3.78. The highest BCUT2D eigenvalue weighted by atomic mass is 16.5. The lowest BCUT2D eigenvalue weighted by atomic mass is 10.2. The molecule has 9 heteroatoms.